The molecule has 3 heterocycles. The number of hydrogen-bond donors (Lipinski definition) is 3. The van der Waals surface area contributed by atoms with Crippen LogP contribution < -0.4 is 16.4 Å². The Morgan fingerprint density at radius 2 is 2.25 bits per heavy atom. The summed E-state index contributed by atoms with van der Waals surface area (Å²) in [5.74, 6) is 0.436. The first kappa shape index (κ1) is 16.8. The summed E-state index contributed by atoms with van der Waals surface area (Å²) < 4.78 is 1.01. The van der Waals surface area contributed by atoms with Crippen molar-refractivity contribution in [2.75, 3.05) is 16.4 Å². The van der Waals surface area contributed by atoms with E-state index in [4.69, 9.17) is 5.73 Å². The average molecular weight is 406 g/mol. The van der Waals surface area contributed by atoms with Crippen molar-refractivity contribution in [1.82, 2.24) is 9.97 Å². The van der Waals surface area contributed by atoms with Gasteiger partial charge in [0.15, 0.2) is 0 Å². The molecule has 2 aromatic rings. The van der Waals surface area contributed by atoms with Gasteiger partial charge < -0.3 is 16.4 Å². The van der Waals surface area contributed by atoms with Gasteiger partial charge in [0, 0.05) is 21.9 Å². The van der Waals surface area contributed by atoms with E-state index in [-0.39, 0.29) is 11.2 Å². The highest BCUT2D eigenvalue weighted by Crippen LogP contribution is 2.36. The molecule has 8 heteroatoms. The first-order chi connectivity index (χ1) is 11.6. The lowest BCUT2D eigenvalue weighted by molar-refractivity contribution is -0.115. The monoisotopic (exact) mass is 405 g/mol. The third kappa shape index (κ3) is 4.27. The Kier molecular flexibility index (Phi) is 5.37. The quantitative estimate of drug-likeness (QED) is 0.705. The zero-order valence-corrected chi connectivity index (χ0v) is 15.1. The fourth-order valence-electron chi connectivity index (χ4n) is 2.22. The zero-order valence-electron chi connectivity index (χ0n) is 12.7. The second-order valence-electron chi connectivity index (χ2n) is 5.17. The number of nitrogen functional groups attached to an aromatic ring is 1. The minimum absolute atomic E-state index is 0.00712. The fourth-order valence-corrected chi connectivity index (χ4v) is 3.91. The molecule has 0 radical (unpaired) electrons. The number of anilines is 3. The second kappa shape index (κ2) is 7.67. The molecule has 0 fully saturated rings. The van der Waals surface area contributed by atoms with Gasteiger partial charge in [-0.05, 0) is 46.6 Å². The number of nitrogens with zero attached hydrogens (tertiary/aromatic N) is 2. The number of halogens is 1. The first-order valence-electron chi connectivity index (χ1n) is 7.34. The Bertz CT molecular complexity index is 783. The van der Waals surface area contributed by atoms with Crippen LogP contribution in [-0.2, 0) is 11.3 Å². The maximum atomic E-state index is 12.2. The number of thioether (sulfide) groups is 1. The van der Waals surface area contributed by atoms with Gasteiger partial charge in [0.05, 0.1) is 23.2 Å². The van der Waals surface area contributed by atoms with Gasteiger partial charge in [-0.1, -0.05) is 6.08 Å². The summed E-state index contributed by atoms with van der Waals surface area (Å²) in [6.45, 7) is 0.491. The lowest BCUT2D eigenvalue weighted by atomic mass is 10.2. The number of amides is 1. The second-order valence-corrected chi connectivity index (χ2v) is 7.79. The van der Waals surface area contributed by atoms with E-state index in [1.165, 1.54) is 11.8 Å². The van der Waals surface area contributed by atoms with Crippen molar-refractivity contribution >= 4 is 50.8 Å². The van der Waals surface area contributed by atoms with Crippen LogP contribution >= 0.6 is 27.7 Å². The van der Waals surface area contributed by atoms with Gasteiger partial charge in [0.25, 0.3) is 0 Å². The van der Waals surface area contributed by atoms with Crippen LogP contribution in [0.4, 0.5) is 17.2 Å². The molecule has 0 bridgehead atoms. The molecule has 1 amide bonds. The number of hydrogen-bond acceptors (Lipinski definition) is 6. The molecule has 24 heavy (non-hydrogen) atoms. The van der Waals surface area contributed by atoms with Crippen LogP contribution in [0.15, 0.2) is 46.5 Å². The summed E-state index contributed by atoms with van der Waals surface area (Å²) in [6.07, 6.45) is 6.06. The highest BCUT2D eigenvalue weighted by atomic mass is 79.9. The molecule has 0 saturated carbocycles. The molecule has 2 aromatic heterocycles. The molecule has 0 spiro atoms. The molecule has 1 unspecified atom stereocenters. The summed E-state index contributed by atoms with van der Waals surface area (Å²) in [5.41, 5.74) is 8.09. The molecule has 0 aliphatic carbocycles. The molecule has 1 atom stereocenters. The fraction of sp³-hybridized carbons (Fsp3) is 0.188. The van der Waals surface area contributed by atoms with Gasteiger partial charge in [-0.2, -0.15) is 0 Å². The Morgan fingerprint density at radius 3 is 3.00 bits per heavy atom. The Balaban J connectivity index is 1.60. The van der Waals surface area contributed by atoms with E-state index in [0.29, 0.717) is 12.4 Å². The zero-order chi connectivity index (χ0) is 16.9. The van der Waals surface area contributed by atoms with E-state index in [2.05, 4.69) is 36.5 Å². The van der Waals surface area contributed by atoms with E-state index >= 15 is 0 Å². The van der Waals surface area contributed by atoms with E-state index < -0.39 is 0 Å². The molecule has 124 valence electrons. The van der Waals surface area contributed by atoms with Crippen molar-refractivity contribution < 1.29 is 4.79 Å². The van der Waals surface area contributed by atoms with E-state index in [1.54, 1.807) is 18.5 Å². The lowest BCUT2D eigenvalue weighted by Gasteiger charge is -2.12. The van der Waals surface area contributed by atoms with Crippen molar-refractivity contribution in [2.24, 2.45) is 0 Å². The maximum absolute atomic E-state index is 12.2. The molecule has 1 aliphatic heterocycles. The van der Waals surface area contributed by atoms with Gasteiger partial charge in [-0.15, -0.1) is 11.8 Å². The number of nitrogens with two attached hydrogens (primary N) is 1. The summed E-state index contributed by atoms with van der Waals surface area (Å²) in [6, 6.07) is 7.30. The number of carbonyl (C=O) groups excluding carboxylic acids is 1. The van der Waals surface area contributed by atoms with Crippen molar-refractivity contribution in [3.63, 3.8) is 0 Å². The van der Waals surface area contributed by atoms with Crippen LogP contribution in [-0.4, -0.2) is 21.1 Å². The number of pyridine rings is 2. The Hall–Kier alpha value is -2.06. The molecule has 1 aliphatic rings. The number of nitrogens with one attached hydrogen (secondary N) is 2. The minimum atomic E-state index is -0.0932. The molecule has 0 aromatic carbocycles. The number of carbonyl (C=O) groups is 1. The molecular formula is C16H16BrN5OS. The van der Waals surface area contributed by atoms with Gasteiger partial charge in [0.1, 0.15) is 5.82 Å². The molecule has 0 saturated heterocycles. The predicted octanol–water partition coefficient (Wildman–Crippen LogP) is 3.35. The Labute approximate surface area is 152 Å². The maximum Gasteiger partial charge on any atom is 0.238 e. The number of allylic oxidation sites excluding steroid dienone is 1. The van der Waals surface area contributed by atoms with E-state index in [0.717, 1.165) is 27.3 Å². The van der Waals surface area contributed by atoms with Crippen LogP contribution in [0.2, 0.25) is 0 Å². The summed E-state index contributed by atoms with van der Waals surface area (Å²) >= 11 is 4.93. The molecule has 6 nitrogen and oxygen atoms in total. The molecule has 3 rings (SSSR count). The number of rotatable bonds is 5. The van der Waals surface area contributed by atoms with Crippen molar-refractivity contribution in [2.45, 2.75) is 18.2 Å². The van der Waals surface area contributed by atoms with Crippen LogP contribution in [0.1, 0.15) is 12.1 Å². The van der Waals surface area contributed by atoms with E-state index in [1.807, 2.05) is 24.3 Å². The van der Waals surface area contributed by atoms with Crippen LogP contribution in [0.5, 0.6) is 0 Å². The normalized spacial score (nSPS) is 16.5. The van der Waals surface area contributed by atoms with Crippen molar-refractivity contribution in [3.05, 3.63) is 52.2 Å². The van der Waals surface area contributed by atoms with Crippen molar-refractivity contribution in [1.29, 1.82) is 0 Å². The summed E-state index contributed by atoms with van der Waals surface area (Å²) in [4.78, 5) is 20.6. The number of aromatic nitrogens is 2. The van der Waals surface area contributed by atoms with Gasteiger partial charge in [0.2, 0.25) is 5.91 Å². The molecule has 4 N–H and O–H groups in total. The standard InChI is InChI=1S/C16H16BrN5OS/c17-14-4-3-13(24-14)16(23)22-10-5-7-19-11(8-10)9-21-12-2-1-6-20-15(12)18/h1-2,4-8,13,21H,3,9H2,(H2,18,20)(H,19,22,23). The average Bonchev–Trinajstić information content (AvgIpc) is 3.01. The highest BCUT2D eigenvalue weighted by molar-refractivity contribution is 9.14. The van der Waals surface area contributed by atoms with Gasteiger partial charge >= 0.3 is 0 Å². The van der Waals surface area contributed by atoms with Crippen molar-refractivity contribution in [3.8, 4) is 0 Å². The molecular weight excluding hydrogens is 390 g/mol. The van der Waals surface area contributed by atoms with Crippen LogP contribution in [0, 0.1) is 0 Å². The SMILES string of the molecule is Nc1ncccc1NCc1cc(NC(=O)C2CC=C(Br)S2)ccn1. The third-order valence-corrected chi connectivity index (χ3v) is 5.39. The smallest absolute Gasteiger partial charge is 0.238 e. The first-order valence-corrected chi connectivity index (χ1v) is 9.01. The Morgan fingerprint density at radius 1 is 1.38 bits per heavy atom. The third-order valence-electron chi connectivity index (χ3n) is 3.42. The summed E-state index contributed by atoms with van der Waals surface area (Å²) in [7, 11) is 0. The topological polar surface area (TPSA) is 92.9 Å². The van der Waals surface area contributed by atoms with E-state index in [9.17, 15) is 4.79 Å². The van der Waals surface area contributed by atoms with Gasteiger partial charge in [-0.3, -0.25) is 9.78 Å². The van der Waals surface area contributed by atoms with Gasteiger partial charge in [-0.25, -0.2) is 4.98 Å². The van der Waals surface area contributed by atoms with Crippen LogP contribution in [0.25, 0.3) is 0 Å². The highest BCUT2D eigenvalue weighted by Gasteiger charge is 2.23. The largest absolute Gasteiger partial charge is 0.382 e. The predicted molar refractivity (Wildman–Crippen MR) is 102 cm³/mol. The van der Waals surface area contributed by atoms with Crippen LogP contribution in [0.3, 0.4) is 0 Å². The summed E-state index contributed by atoms with van der Waals surface area (Å²) in [5, 5.41) is 6.03. The lowest BCUT2D eigenvalue weighted by Crippen LogP contribution is -2.23. The minimum Gasteiger partial charge on any atom is -0.382 e.